The van der Waals surface area contributed by atoms with Gasteiger partial charge in [0.2, 0.25) is 0 Å². The standard InChI is InChI=1S/C21H13BrN6O5S/c22-12-6-9-17(16(10-12)20-24-27-28-25-20)23-21(29)19-15-8-7-13(11-18(15)32-26-19)33-34(30,31)14-4-2-1-3-5-14/h1-11H,(H,23,29)(H,24,25,27,28). The van der Waals surface area contributed by atoms with E-state index >= 15 is 0 Å². The molecule has 5 aromatic rings. The van der Waals surface area contributed by atoms with Crippen LogP contribution in [0, 0.1) is 0 Å². The summed E-state index contributed by atoms with van der Waals surface area (Å²) < 4.78 is 36.1. The van der Waals surface area contributed by atoms with Crippen LogP contribution in [0.25, 0.3) is 22.4 Å². The normalized spacial score (nSPS) is 11.4. The molecule has 2 N–H and O–H groups in total. The quantitative estimate of drug-likeness (QED) is 0.306. The summed E-state index contributed by atoms with van der Waals surface area (Å²) in [6, 6.07) is 17.2. The van der Waals surface area contributed by atoms with Crippen LogP contribution in [0.3, 0.4) is 0 Å². The van der Waals surface area contributed by atoms with Crippen molar-refractivity contribution in [1.82, 2.24) is 25.8 Å². The third-order valence-corrected chi connectivity index (χ3v) is 6.48. The SMILES string of the molecule is O=C(Nc1ccc(Br)cc1-c1nnn[nH]1)c1noc2cc(OS(=O)(=O)c3ccccc3)ccc12. The van der Waals surface area contributed by atoms with Crippen molar-refractivity contribution < 1.29 is 21.9 Å². The van der Waals surface area contributed by atoms with Gasteiger partial charge in [-0.25, -0.2) is 5.10 Å². The molecule has 0 aliphatic heterocycles. The lowest BCUT2D eigenvalue weighted by atomic mass is 10.1. The predicted octanol–water partition coefficient (Wildman–Crippen LogP) is 3.79. The van der Waals surface area contributed by atoms with E-state index in [1.54, 1.807) is 36.4 Å². The molecule has 34 heavy (non-hydrogen) atoms. The van der Waals surface area contributed by atoms with E-state index in [2.05, 4.69) is 47.0 Å². The van der Waals surface area contributed by atoms with Gasteiger partial charge in [-0.15, -0.1) is 5.10 Å². The summed E-state index contributed by atoms with van der Waals surface area (Å²) in [5.41, 5.74) is 1.19. The first kappa shape index (κ1) is 21.7. The number of H-pyrrole nitrogens is 1. The highest BCUT2D eigenvalue weighted by molar-refractivity contribution is 9.10. The topological polar surface area (TPSA) is 153 Å². The van der Waals surface area contributed by atoms with Gasteiger partial charge in [0, 0.05) is 16.1 Å². The van der Waals surface area contributed by atoms with Gasteiger partial charge < -0.3 is 14.0 Å². The summed E-state index contributed by atoms with van der Waals surface area (Å²) >= 11 is 3.38. The van der Waals surface area contributed by atoms with E-state index < -0.39 is 16.0 Å². The summed E-state index contributed by atoms with van der Waals surface area (Å²) in [6.45, 7) is 0. The average molecular weight is 541 g/mol. The molecule has 0 bridgehead atoms. The minimum Gasteiger partial charge on any atom is -0.379 e. The zero-order valence-electron chi connectivity index (χ0n) is 17.0. The number of aromatic amines is 1. The molecule has 0 spiro atoms. The molecule has 0 aliphatic carbocycles. The number of aromatic nitrogens is 5. The minimum absolute atomic E-state index is 0.0111. The van der Waals surface area contributed by atoms with Crippen molar-refractivity contribution in [2.45, 2.75) is 4.90 Å². The molecular formula is C21H13BrN6O5S. The van der Waals surface area contributed by atoms with Crippen LogP contribution >= 0.6 is 15.9 Å². The zero-order valence-corrected chi connectivity index (χ0v) is 19.4. The molecular weight excluding hydrogens is 528 g/mol. The second-order valence-corrected chi connectivity index (χ2v) is 9.40. The summed E-state index contributed by atoms with van der Waals surface area (Å²) in [5, 5.41) is 20.7. The zero-order chi connectivity index (χ0) is 23.7. The van der Waals surface area contributed by atoms with Gasteiger partial charge in [0.25, 0.3) is 5.91 Å². The Bertz CT molecular complexity index is 1600. The van der Waals surface area contributed by atoms with E-state index in [1.807, 2.05) is 0 Å². The Hall–Kier alpha value is -4.10. The fourth-order valence-corrected chi connectivity index (χ4v) is 4.48. The van der Waals surface area contributed by atoms with E-state index in [0.29, 0.717) is 22.5 Å². The van der Waals surface area contributed by atoms with Crippen LogP contribution in [0.5, 0.6) is 5.75 Å². The first-order chi connectivity index (χ1) is 16.4. The van der Waals surface area contributed by atoms with E-state index in [4.69, 9.17) is 8.71 Å². The Morgan fingerprint density at radius 2 is 1.88 bits per heavy atom. The van der Waals surface area contributed by atoms with Crippen molar-refractivity contribution in [3.63, 3.8) is 0 Å². The van der Waals surface area contributed by atoms with Crippen molar-refractivity contribution in [3.05, 3.63) is 76.9 Å². The Morgan fingerprint density at radius 1 is 1.06 bits per heavy atom. The highest BCUT2D eigenvalue weighted by atomic mass is 79.9. The number of carbonyl (C=O) groups is 1. The summed E-state index contributed by atoms with van der Waals surface area (Å²) in [7, 11) is -4.03. The summed E-state index contributed by atoms with van der Waals surface area (Å²) in [6.07, 6.45) is 0. The number of hydrogen-bond donors (Lipinski definition) is 2. The fraction of sp³-hybridized carbons (Fsp3) is 0. The van der Waals surface area contributed by atoms with Crippen LogP contribution in [0.4, 0.5) is 5.69 Å². The Morgan fingerprint density at radius 3 is 2.65 bits per heavy atom. The molecule has 5 rings (SSSR count). The van der Waals surface area contributed by atoms with Crippen molar-refractivity contribution in [2.24, 2.45) is 0 Å². The van der Waals surface area contributed by atoms with Gasteiger partial charge >= 0.3 is 10.1 Å². The predicted molar refractivity (Wildman–Crippen MR) is 124 cm³/mol. The lowest BCUT2D eigenvalue weighted by molar-refractivity contribution is 0.102. The van der Waals surface area contributed by atoms with Crippen LogP contribution in [0.1, 0.15) is 10.5 Å². The average Bonchev–Trinajstić information content (AvgIpc) is 3.50. The van der Waals surface area contributed by atoms with Gasteiger partial charge in [0.15, 0.2) is 17.1 Å². The number of amides is 1. The maximum absolute atomic E-state index is 13.0. The van der Waals surface area contributed by atoms with Gasteiger partial charge in [0.05, 0.1) is 11.1 Å². The van der Waals surface area contributed by atoms with Gasteiger partial charge in [-0.2, -0.15) is 8.42 Å². The first-order valence-corrected chi connectivity index (χ1v) is 11.8. The Kier molecular flexibility index (Phi) is 5.55. The number of rotatable bonds is 6. The van der Waals surface area contributed by atoms with Crippen molar-refractivity contribution in [3.8, 4) is 17.1 Å². The number of anilines is 1. The highest BCUT2D eigenvalue weighted by Gasteiger charge is 2.21. The molecule has 13 heteroatoms. The van der Waals surface area contributed by atoms with E-state index in [0.717, 1.165) is 4.47 Å². The molecule has 1 amide bonds. The summed E-state index contributed by atoms with van der Waals surface area (Å²) in [4.78, 5) is 13.0. The smallest absolute Gasteiger partial charge is 0.339 e. The van der Waals surface area contributed by atoms with E-state index in [-0.39, 0.29) is 21.9 Å². The lowest BCUT2D eigenvalue weighted by Gasteiger charge is -2.09. The Balaban J connectivity index is 1.41. The number of benzene rings is 3. The molecule has 2 heterocycles. The largest absolute Gasteiger partial charge is 0.379 e. The molecule has 170 valence electrons. The van der Waals surface area contributed by atoms with E-state index in [1.165, 1.54) is 30.3 Å². The number of nitrogens with zero attached hydrogens (tertiary/aromatic N) is 4. The number of halogens is 1. The van der Waals surface area contributed by atoms with Gasteiger partial charge in [-0.1, -0.05) is 39.3 Å². The second kappa shape index (κ2) is 8.68. The van der Waals surface area contributed by atoms with Gasteiger partial charge in [-0.05, 0) is 52.9 Å². The van der Waals surface area contributed by atoms with Crippen molar-refractivity contribution in [1.29, 1.82) is 0 Å². The minimum atomic E-state index is -4.03. The number of carbonyl (C=O) groups excluding carboxylic acids is 1. The third kappa shape index (κ3) is 4.25. The number of hydrogen-bond acceptors (Lipinski definition) is 9. The van der Waals surface area contributed by atoms with Gasteiger partial charge in [0.1, 0.15) is 10.6 Å². The van der Waals surface area contributed by atoms with Crippen LogP contribution in [-0.4, -0.2) is 40.1 Å². The molecule has 0 atom stereocenters. The Labute approximate surface area is 200 Å². The molecule has 0 unspecified atom stereocenters. The van der Waals surface area contributed by atoms with Gasteiger partial charge in [-0.3, -0.25) is 4.79 Å². The number of nitrogens with one attached hydrogen (secondary N) is 2. The van der Waals surface area contributed by atoms with E-state index in [9.17, 15) is 13.2 Å². The fourth-order valence-electron chi connectivity index (χ4n) is 3.17. The summed E-state index contributed by atoms with van der Waals surface area (Å²) in [5.74, 6) is -0.157. The molecule has 0 saturated carbocycles. The number of fused-ring (bicyclic) bond motifs is 1. The second-order valence-electron chi connectivity index (χ2n) is 6.93. The maximum Gasteiger partial charge on any atom is 0.339 e. The molecule has 0 saturated heterocycles. The maximum atomic E-state index is 13.0. The molecule has 0 radical (unpaired) electrons. The monoisotopic (exact) mass is 540 g/mol. The molecule has 0 aliphatic rings. The first-order valence-electron chi connectivity index (χ1n) is 9.65. The van der Waals surface area contributed by atoms with Crippen LogP contribution < -0.4 is 9.50 Å². The molecule has 3 aromatic carbocycles. The lowest BCUT2D eigenvalue weighted by Crippen LogP contribution is -2.13. The van der Waals surface area contributed by atoms with Crippen LogP contribution in [0.2, 0.25) is 0 Å². The van der Waals surface area contributed by atoms with Crippen LogP contribution in [0.15, 0.2) is 80.6 Å². The molecule has 2 aromatic heterocycles. The van der Waals surface area contributed by atoms with Crippen molar-refractivity contribution >= 4 is 48.6 Å². The van der Waals surface area contributed by atoms with Crippen molar-refractivity contribution in [2.75, 3.05) is 5.32 Å². The third-order valence-electron chi connectivity index (χ3n) is 4.73. The number of tetrazole rings is 1. The molecule has 0 fully saturated rings. The molecule has 11 nitrogen and oxygen atoms in total. The highest BCUT2D eigenvalue weighted by Crippen LogP contribution is 2.30. The van der Waals surface area contributed by atoms with Crippen LogP contribution in [-0.2, 0) is 10.1 Å².